The van der Waals surface area contributed by atoms with Crippen LogP contribution in [0.4, 0.5) is 4.39 Å². The third kappa shape index (κ3) is 1.17. The summed E-state index contributed by atoms with van der Waals surface area (Å²) in [5.41, 5.74) is 1.83. The molecule has 64 valence electrons. The van der Waals surface area contributed by atoms with E-state index in [1.807, 2.05) is 6.07 Å². The van der Waals surface area contributed by atoms with Gasteiger partial charge in [-0.1, -0.05) is 33.6 Å². The van der Waals surface area contributed by atoms with E-state index in [4.69, 9.17) is 11.6 Å². The fraction of sp³-hybridized carbons (Fsp3) is 0.333. The molecular formula is C9H7BrClF. The van der Waals surface area contributed by atoms with Gasteiger partial charge in [0, 0.05) is 4.83 Å². The van der Waals surface area contributed by atoms with Gasteiger partial charge in [-0.2, -0.15) is 0 Å². The summed E-state index contributed by atoms with van der Waals surface area (Å²) in [5.74, 6) is -0.240. The number of benzene rings is 1. The third-order valence-electron chi connectivity index (χ3n) is 2.22. The van der Waals surface area contributed by atoms with Crippen molar-refractivity contribution in [3.05, 3.63) is 34.1 Å². The van der Waals surface area contributed by atoms with Crippen molar-refractivity contribution in [2.45, 2.75) is 17.7 Å². The van der Waals surface area contributed by atoms with Crippen LogP contribution in [0.5, 0.6) is 0 Å². The molecule has 0 aromatic heterocycles. The lowest BCUT2D eigenvalue weighted by atomic mass is 10.1. The van der Waals surface area contributed by atoms with Crippen molar-refractivity contribution in [3.8, 4) is 0 Å². The van der Waals surface area contributed by atoms with Crippen molar-refractivity contribution in [3.63, 3.8) is 0 Å². The number of hydrogen-bond donors (Lipinski definition) is 0. The van der Waals surface area contributed by atoms with E-state index in [1.165, 1.54) is 0 Å². The molecule has 1 unspecified atom stereocenters. The summed E-state index contributed by atoms with van der Waals surface area (Å²) in [6, 6.07) is 3.52. The van der Waals surface area contributed by atoms with Crippen molar-refractivity contribution < 1.29 is 4.39 Å². The smallest absolute Gasteiger partial charge is 0.145 e. The Morgan fingerprint density at radius 2 is 2.25 bits per heavy atom. The van der Waals surface area contributed by atoms with Crippen molar-refractivity contribution in [1.29, 1.82) is 0 Å². The zero-order valence-electron chi connectivity index (χ0n) is 6.28. The van der Waals surface area contributed by atoms with Crippen molar-refractivity contribution in [2.24, 2.45) is 0 Å². The van der Waals surface area contributed by atoms with E-state index >= 15 is 0 Å². The van der Waals surface area contributed by atoms with Gasteiger partial charge < -0.3 is 0 Å². The molecule has 0 saturated heterocycles. The van der Waals surface area contributed by atoms with Crippen LogP contribution in [0.25, 0.3) is 0 Å². The van der Waals surface area contributed by atoms with Crippen molar-refractivity contribution >= 4 is 27.5 Å². The van der Waals surface area contributed by atoms with Gasteiger partial charge in [-0.3, -0.25) is 0 Å². The third-order valence-corrected chi connectivity index (χ3v) is 3.46. The average Bonchev–Trinajstić information content (AvgIpc) is 2.41. The Hall–Kier alpha value is -0.0800. The summed E-state index contributed by atoms with van der Waals surface area (Å²) in [4.78, 5) is 0.305. The molecule has 0 aliphatic heterocycles. The number of hydrogen-bond acceptors (Lipinski definition) is 0. The molecule has 1 aliphatic carbocycles. The lowest BCUT2D eigenvalue weighted by Crippen LogP contribution is -1.89. The summed E-state index contributed by atoms with van der Waals surface area (Å²) < 4.78 is 13.3. The van der Waals surface area contributed by atoms with Gasteiger partial charge in [0.25, 0.3) is 0 Å². The topological polar surface area (TPSA) is 0 Å². The van der Waals surface area contributed by atoms with Gasteiger partial charge in [0.2, 0.25) is 0 Å². The van der Waals surface area contributed by atoms with Crippen molar-refractivity contribution in [1.82, 2.24) is 0 Å². The minimum Gasteiger partial charge on any atom is -0.205 e. The molecule has 12 heavy (non-hydrogen) atoms. The lowest BCUT2D eigenvalue weighted by molar-refractivity contribution is 0.613. The van der Waals surface area contributed by atoms with E-state index in [0.29, 0.717) is 4.83 Å². The molecule has 0 heterocycles. The monoisotopic (exact) mass is 248 g/mol. The highest BCUT2D eigenvalue weighted by Crippen LogP contribution is 2.40. The minimum absolute atomic E-state index is 0.232. The largest absolute Gasteiger partial charge is 0.205 e. The number of halogens is 3. The zero-order valence-corrected chi connectivity index (χ0v) is 8.62. The summed E-state index contributed by atoms with van der Waals surface area (Å²) in [7, 11) is 0. The van der Waals surface area contributed by atoms with Crippen LogP contribution in [0.15, 0.2) is 12.1 Å². The molecule has 0 bridgehead atoms. The quantitative estimate of drug-likeness (QED) is 0.613. The Labute approximate surface area is 83.9 Å². The fourth-order valence-electron chi connectivity index (χ4n) is 1.58. The molecule has 1 aliphatic rings. The van der Waals surface area contributed by atoms with Crippen LogP contribution in [0, 0.1) is 5.82 Å². The highest BCUT2D eigenvalue weighted by atomic mass is 79.9. The first-order valence-corrected chi connectivity index (χ1v) is 5.10. The molecule has 1 aromatic rings. The van der Waals surface area contributed by atoms with Gasteiger partial charge >= 0.3 is 0 Å². The highest BCUT2D eigenvalue weighted by Gasteiger charge is 2.23. The molecule has 0 radical (unpaired) electrons. The minimum atomic E-state index is -0.240. The van der Waals surface area contributed by atoms with E-state index in [2.05, 4.69) is 15.9 Å². The standard InChI is InChI=1S/C9H7BrClF/c10-7-3-1-6-5(7)2-4-8(11)9(6)12/h2,4,7H,1,3H2. The molecule has 1 atom stereocenters. The molecule has 0 N–H and O–H groups in total. The Morgan fingerprint density at radius 1 is 1.50 bits per heavy atom. The van der Waals surface area contributed by atoms with Gasteiger partial charge in [0.15, 0.2) is 0 Å². The molecule has 0 fully saturated rings. The van der Waals surface area contributed by atoms with Crippen molar-refractivity contribution in [2.75, 3.05) is 0 Å². The SMILES string of the molecule is Fc1c(Cl)ccc2c1CCC2Br. The average molecular weight is 250 g/mol. The van der Waals surface area contributed by atoms with Gasteiger partial charge in [-0.15, -0.1) is 0 Å². The van der Waals surface area contributed by atoms with Crippen LogP contribution in [0.3, 0.4) is 0 Å². The second kappa shape index (κ2) is 3.00. The van der Waals surface area contributed by atoms with Crippen LogP contribution in [-0.2, 0) is 6.42 Å². The summed E-state index contributed by atoms with van der Waals surface area (Å²) in [6.45, 7) is 0. The lowest BCUT2D eigenvalue weighted by Gasteiger charge is -2.03. The number of alkyl halides is 1. The first-order valence-electron chi connectivity index (χ1n) is 3.81. The normalized spacial score (nSPS) is 21.1. The first-order chi connectivity index (χ1) is 5.70. The zero-order chi connectivity index (χ0) is 8.72. The summed E-state index contributed by atoms with van der Waals surface area (Å²) in [5, 5.41) is 0.232. The summed E-state index contributed by atoms with van der Waals surface area (Å²) >= 11 is 9.14. The maximum absolute atomic E-state index is 13.3. The summed E-state index contributed by atoms with van der Waals surface area (Å²) in [6.07, 6.45) is 1.75. The Morgan fingerprint density at radius 3 is 3.00 bits per heavy atom. The molecule has 3 heteroatoms. The predicted octanol–water partition coefficient (Wildman–Crippen LogP) is 3.86. The van der Waals surface area contributed by atoms with Gasteiger partial charge in [0.1, 0.15) is 5.82 Å². The molecule has 0 spiro atoms. The highest BCUT2D eigenvalue weighted by molar-refractivity contribution is 9.09. The van der Waals surface area contributed by atoms with Gasteiger partial charge in [0.05, 0.1) is 5.02 Å². The van der Waals surface area contributed by atoms with E-state index in [9.17, 15) is 4.39 Å². The second-order valence-electron chi connectivity index (χ2n) is 2.94. The Kier molecular flexibility index (Phi) is 2.13. The molecule has 0 nitrogen and oxygen atoms in total. The number of fused-ring (bicyclic) bond motifs is 1. The van der Waals surface area contributed by atoms with Gasteiger partial charge in [-0.05, 0) is 30.0 Å². The van der Waals surface area contributed by atoms with Gasteiger partial charge in [-0.25, -0.2) is 4.39 Å². The molecule has 0 saturated carbocycles. The van der Waals surface area contributed by atoms with E-state index in [0.717, 1.165) is 24.0 Å². The van der Waals surface area contributed by atoms with Crippen LogP contribution < -0.4 is 0 Å². The molecule has 1 aromatic carbocycles. The Balaban J connectivity index is 2.60. The predicted molar refractivity (Wildman–Crippen MR) is 51.4 cm³/mol. The van der Waals surface area contributed by atoms with Crippen LogP contribution in [0.1, 0.15) is 22.4 Å². The maximum Gasteiger partial charge on any atom is 0.145 e. The fourth-order valence-corrected chi connectivity index (χ4v) is 2.42. The van der Waals surface area contributed by atoms with E-state index in [-0.39, 0.29) is 10.8 Å². The van der Waals surface area contributed by atoms with E-state index in [1.54, 1.807) is 6.07 Å². The van der Waals surface area contributed by atoms with Crippen LogP contribution >= 0.6 is 27.5 Å². The second-order valence-corrected chi connectivity index (χ2v) is 4.45. The number of rotatable bonds is 0. The molecule has 0 amide bonds. The first kappa shape index (κ1) is 8.52. The maximum atomic E-state index is 13.3. The van der Waals surface area contributed by atoms with Crippen LogP contribution in [0.2, 0.25) is 5.02 Å². The van der Waals surface area contributed by atoms with Crippen LogP contribution in [-0.4, -0.2) is 0 Å². The molecular weight excluding hydrogens is 242 g/mol. The Bertz CT molecular complexity index is 325. The van der Waals surface area contributed by atoms with E-state index < -0.39 is 0 Å². The molecule has 2 rings (SSSR count).